The van der Waals surface area contributed by atoms with E-state index < -0.39 is 0 Å². The average molecular weight is 331 g/mol. The predicted molar refractivity (Wildman–Crippen MR) is 78.7 cm³/mol. The Morgan fingerprint density at radius 2 is 2.18 bits per heavy atom. The molecule has 0 aliphatic carbocycles. The third kappa shape index (κ3) is 3.55. The smallest absolute Gasteiger partial charge is 0.0701 e. The molecule has 1 N–H and O–H groups in total. The largest absolute Gasteiger partial charge is 0.306 e. The zero-order chi connectivity index (χ0) is 12.3. The summed E-state index contributed by atoms with van der Waals surface area (Å²) in [6, 6.07) is 10.3. The second kappa shape index (κ2) is 6.01. The van der Waals surface area contributed by atoms with Crippen molar-refractivity contribution in [3.8, 4) is 0 Å². The molecule has 0 saturated carbocycles. The summed E-state index contributed by atoms with van der Waals surface area (Å²) in [5.74, 6) is 0. The summed E-state index contributed by atoms with van der Waals surface area (Å²) in [6.07, 6.45) is 0. The molecule has 0 aliphatic heterocycles. The summed E-state index contributed by atoms with van der Waals surface area (Å²) in [6.45, 7) is 2.98. The van der Waals surface area contributed by atoms with Crippen molar-refractivity contribution >= 4 is 38.9 Å². The van der Waals surface area contributed by atoms with E-state index in [4.69, 9.17) is 11.6 Å². The molecule has 0 aliphatic rings. The maximum absolute atomic E-state index is 6.16. The zero-order valence-corrected chi connectivity index (χ0v) is 12.6. The van der Waals surface area contributed by atoms with E-state index >= 15 is 0 Å². The van der Waals surface area contributed by atoms with Gasteiger partial charge in [0.1, 0.15) is 0 Å². The van der Waals surface area contributed by atoms with Crippen LogP contribution < -0.4 is 5.32 Å². The van der Waals surface area contributed by atoms with Crippen LogP contribution in [0.5, 0.6) is 0 Å². The summed E-state index contributed by atoms with van der Waals surface area (Å²) in [5.41, 5.74) is 2.43. The fraction of sp³-hybridized carbons (Fsp3) is 0.231. The fourth-order valence-corrected chi connectivity index (χ4v) is 3.15. The van der Waals surface area contributed by atoms with Crippen LogP contribution in [0.1, 0.15) is 24.1 Å². The normalized spacial score (nSPS) is 12.6. The minimum atomic E-state index is 0.252. The maximum Gasteiger partial charge on any atom is 0.0701 e. The second-order valence-electron chi connectivity index (χ2n) is 3.88. The number of halogens is 2. The van der Waals surface area contributed by atoms with Crippen molar-refractivity contribution in [3.05, 3.63) is 55.6 Å². The molecule has 1 aromatic heterocycles. The molecule has 1 heterocycles. The van der Waals surface area contributed by atoms with Gasteiger partial charge in [0.25, 0.3) is 0 Å². The molecule has 1 aromatic carbocycles. The van der Waals surface area contributed by atoms with E-state index in [2.05, 4.69) is 45.7 Å². The van der Waals surface area contributed by atoms with Crippen molar-refractivity contribution < 1.29 is 0 Å². The number of hydrogen-bond donors (Lipinski definition) is 1. The molecule has 0 saturated heterocycles. The molecule has 1 atom stereocenters. The number of thiophene rings is 1. The molecule has 0 fully saturated rings. The van der Waals surface area contributed by atoms with Gasteiger partial charge in [-0.2, -0.15) is 0 Å². The summed E-state index contributed by atoms with van der Waals surface area (Å²) in [7, 11) is 0. The highest BCUT2D eigenvalue weighted by molar-refractivity contribution is 9.11. The van der Waals surface area contributed by atoms with Gasteiger partial charge in [-0.1, -0.05) is 29.8 Å². The Hall–Kier alpha value is -0.350. The first-order valence-electron chi connectivity index (χ1n) is 5.37. The predicted octanol–water partition coefficient (Wildman–Crippen LogP) is 5.01. The number of hydrogen-bond acceptors (Lipinski definition) is 2. The van der Waals surface area contributed by atoms with Crippen LogP contribution in [-0.4, -0.2) is 0 Å². The molecular formula is C13H13BrClNS. The lowest BCUT2D eigenvalue weighted by molar-refractivity contribution is 0.575. The molecule has 0 spiro atoms. The lowest BCUT2D eigenvalue weighted by Crippen LogP contribution is -2.17. The van der Waals surface area contributed by atoms with Gasteiger partial charge in [-0.3, -0.25) is 0 Å². The van der Waals surface area contributed by atoms with E-state index in [0.29, 0.717) is 0 Å². The van der Waals surface area contributed by atoms with Gasteiger partial charge < -0.3 is 5.32 Å². The van der Waals surface area contributed by atoms with Gasteiger partial charge in [-0.15, -0.1) is 11.3 Å². The molecule has 0 amide bonds. The third-order valence-corrected chi connectivity index (χ3v) is 4.50. The van der Waals surface area contributed by atoms with Gasteiger partial charge in [0.15, 0.2) is 0 Å². The lowest BCUT2D eigenvalue weighted by atomic mass is 10.1. The van der Waals surface area contributed by atoms with Crippen LogP contribution in [0.2, 0.25) is 5.02 Å². The van der Waals surface area contributed by atoms with E-state index in [1.165, 1.54) is 9.35 Å². The van der Waals surface area contributed by atoms with Crippen molar-refractivity contribution in [1.29, 1.82) is 0 Å². The minimum absolute atomic E-state index is 0.252. The Bertz CT molecular complexity index is 498. The molecule has 2 rings (SSSR count). The molecule has 1 nitrogen and oxygen atoms in total. The summed E-state index contributed by atoms with van der Waals surface area (Å²) in [4.78, 5) is 0. The topological polar surface area (TPSA) is 12.0 Å². The standard InChI is InChI=1S/C13H13BrClNS/c1-9(11-4-2-3-5-12(11)15)16-7-10-6-13(14)17-8-10/h2-6,8-9,16H,7H2,1H3/t9-/m1/s1. The zero-order valence-electron chi connectivity index (χ0n) is 9.41. The minimum Gasteiger partial charge on any atom is -0.306 e. The molecule has 0 bridgehead atoms. The maximum atomic E-state index is 6.16. The van der Waals surface area contributed by atoms with Gasteiger partial charge in [-0.05, 0) is 51.5 Å². The number of rotatable bonds is 4. The Morgan fingerprint density at radius 3 is 2.82 bits per heavy atom. The van der Waals surface area contributed by atoms with E-state index in [1.807, 2.05) is 18.2 Å². The Morgan fingerprint density at radius 1 is 1.41 bits per heavy atom. The van der Waals surface area contributed by atoms with Gasteiger partial charge >= 0.3 is 0 Å². The molecule has 4 heteroatoms. The van der Waals surface area contributed by atoms with Crippen LogP contribution in [-0.2, 0) is 6.54 Å². The molecule has 17 heavy (non-hydrogen) atoms. The lowest BCUT2D eigenvalue weighted by Gasteiger charge is -2.15. The van der Waals surface area contributed by atoms with Crippen LogP contribution in [0.25, 0.3) is 0 Å². The first-order valence-corrected chi connectivity index (χ1v) is 7.42. The first-order chi connectivity index (χ1) is 8.16. The highest BCUT2D eigenvalue weighted by Crippen LogP contribution is 2.24. The fourth-order valence-electron chi connectivity index (χ4n) is 1.65. The quantitative estimate of drug-likeness (QED) is 0.830. The van der Waals surface area contributed by atoms with E-state index in [9.17, 15) is 0 Å². The van der Waals surface area contributed by atoms with E-state index in [-0.39, 0.29) is 6.04 Å². The van der Waals surface area contributed by atoms with E-state index in [0.717, 1.165) is 17.1 Å². The van der Waals surface area contributed by atoms with Gasteiger partial charge in [0.2, 0.25) is 0 Å². The van der Waals surface area contributed by atoms with Crippen LogP contribution in [0, 0.1) is 0 Å². The Kier molecular flexibility index (Phi) is 4.62. The van der Waals surface area contributed by atoms with Crippen LogP contribution >= 0.6 is 38.9 Å². The summed E-state index contributed by atoms with van der Waals surface area (Å²) in [5, 5.41) is 6.44. The van der Waals surface area contributed by atoms with Crippen molar-refractivity contribution in [3.63, 3.8) is 0 Å². The molecule has 2 aromatic rings. The SMILES string of the molecule is C[C@@H](NCc1csc(Br)c1)c1ccccc1Cl. The van der Waals surface area contributed by atoms with Gasteiger partial charge in [0, 0.05) is 17.6 Å². The third-order valence-electron chi connectivity index (χ3n) is 2.61. The highest BCUT2D eigenvalue weighted by Gasteiger charge is 2.08. The Labute approximate surface area is 119 Å². The van der Waals surface area contributed by atoms with E-state index in [1.54, 1.807) is 11.3 Å². The highest BCUT2D eigenvalue weighted by atomic mass is 79.9. The summed E-state index contributed by atoms with van der Waals surface area (Å²) < 4.78 is 1.17. The van der Waals surface area contributed by atoms with Gasteiger partial charge in [-0.25, -0.2) is 0 Å². The monoisotopic (exact) mass is 329 g/mol. The number of benzene rings is 1. The molecule has 90 valence electrons. The first kappa shape index (κ1) is 13.1. The van der Waals surface area contributed by atoms with Crippen LogP contribution in [0.15, 0.2) is 39.5 Å². The van der Waals surface area contributed by atoms with Crippen LogP contribution in [0.3, 0.4) is 0 Å². The number of nitrogens with one attached hydrogen (secondary N) is 1. The van der Waals surface area contributed by atoms with Crippen molar-refractivity contribution in [2.75, 3.05) is 0 Å². The van der Waals surface area contributed by atoms with Crippen molar-refractivity contribution in [2.45, 2.75) is 19.5 Å². The van der Waals surface area contributed by atoms with Crippen LogP contribution in [0.4, 0.5) is 0 Å². The molecule has 0 radical (unpaired) electrons. The summed E-state index contributed by atoms with van der Waals surface area (Å²) >= 11 is 11.3. The molecule has 0 unspecified atom stereocenters. The molecular weight excluding hydrogens is 318 g/mol. The average Bonchev–Trinajstić information content (AvgIpc) is 2.73. The Balaban J connectivity index is 1.98. The van der Waals surface area contributed by atoms with Crippen molar-refractivity contribution in [2.24, 2.45) is 0 Å². The second-order valence-corrected chi connectivity index (χ2v) is 6.58. The van der Waals surface area contributed by atoms with Gasteiger partial charge in [0.05, 0.1) is 3.79 Å². The van der Waals surface area contributed by atoms with Crippen molar-refractivity contribution in [1.82, 2.24) is 5.32 Å².